The van der Waals surface area contributed by atoms with Crippen molar-refractivity contribution in [3.8, 4) is 0 Å². The molecule has 2 nitrogen and oxygen atoms in total. The lowest BCUT2D eigenvalue weighted by molar-refractivity contribution is 0.918. The van der Waals surface area contributed by atoms with Gasteiger partial charge in [-0.05, 0) is 31.0 Å². The van der Waals surface area contributed by atoms with E-state index >= 15 is 0 Å². The Kier molecular flexibility index (Phi) is 3.58. The Morgan fingerprint density at radius 3 is 3.00 bits per heavy atom. The lowest BCUT2D eigenvalue weighted by Crippen LogP contribution is -1.99. The molecule has 2 heteroatoms. The standard InChI is InChI=1S/C10H16N2.H2/c1-3-5-9-6-7-12-10(8-9)11-4-2;/h6-8H,3-5H2,1-2H3,(H,11,12);1H. The molecule has 1 heterocycles. The van der Waals surface area contributed by atoms with E-state index in [0.717, 1.165) is 18.8 Å². The van der Waals surface area contributed by atoms with Gasteiger partial charge in [-0.2, -0.15) is 0 Å². The van der Waals surface area contributed by atoms with Gasteiger partial charge in [-0.15, -0.1) is 0 Å². The minimum Gasteiger partial charge on any atom is -0.370 e. The predicted octanol–water partition coefficient (Wildman–Crippen LogP) is 2.71. The number of aryl methyl sites for hydroxylation is 1. The summed E-state index contributed by atoms with van der Waals surface area (Å²) < 4.78 is 0. The van der Waals surface area contributed by atoms with Gasteiger partial charge in [0.15, 0.2) is 0 Å². The van der Waals surface area contributed by atoms with E-state index in [2.05, 4.69) is 36.3 Å². The average molecular weight is 166 g/mol. The lowest BCUT2D eigenvalue weighted by Gasteiger charge is -2.03. The minimum absolute atomic E-state index is 0. The van der Waals surface area contributed by atoms with Crippen LogP contribution < -0.4 is 5.32 Å². The van der Waals surface area contributed by atoms with Crippen molar-refractivity contribution in [2.24, 2.45) is 0 Å². The van der Waals surface area contributed by atoms with E-state index in [1.165, 1.54) is 12.0 Å². The monoisotopic (exact) mass is 166 g/mol. The molecule has 0 aliphatic heterocycles. The summed E-state index contributed by atoms with van der Waals surface area (Å²) in [5, 5.41) is 3.20. The Morgan fingerprint density at radius 2 is 2.33 bits per heavy atom. The van der Waals surface area contributed by atoms with E-state index in [1.54, 1.807) is 0 Å². The second-order valence-electron chi connectivity index (χ2n) is 2.83. The van der Waals surface area contributed by atoms with Gasteiger partial charge in [0.1, 0.15) is 5.82 Å². The second kappa shape index (κ2) is 4.75. The molecule has 0 radical (unpaired) electrons. The van der Waals surface area contributed by atoms with Gasteiger partial charge >= 0.3 is 0 Å². The summed E-state index contributed by atoms with van der Waals surface area (Å²) in [6.45, 7) is 5.20. The molecule has 0 amide bonds. The predicted molar refractivity (Wildman–Crippen MR) is 54.5 cm³/mol. The van der Waals surface area contributed by atoms with E-state index in [4.69, 9.17) is 0 Å². The first-order valence-electron chi connectivity index (χ1n) is 4.55. The number of pyridine rings is 1. The van der Waals surface area contributed by atoms with E-state index in [0.29, 0.717) is 0 Å². The molecule has 0 aromatic carbocycles. The third-order valence-electron chi connectivity index (χ3n) is 1.72. The highest BCUT2D eigenvalue weighted by atomic mass is 15.0. The molecule has 68 valence electrons. The molecule has 0 fully saturated rings. The number of aromatic nitrogens is 1. The first kappa shape index (κ1) is 9.04. The summed E-state index contributed by atoms with van der Waals surface area (Å²) in [6, 6.07) is 4.19. The topological polar surface area (TPSA) is 24.9 Å². The second-order valence-corrected chi connectivity index (χ2v) is 2.83. The van der Waals surface area contributed by atoms with Crippen LogP contribution in [0.5, 0.6) is 0 Å². The van der Waals surface area contributed by atoms with Gasteiger partial charge in [-0.1, -0.05) is 13.3 Å². The largest absolute Gasteiger partial charge is 0.370 e. The first-order valence-corrected chi connectivity index (χ1v) is 4.55. The average Bonchev–Trinajstić information content (AvgIpc) is 2.06. The summed E-state index contributed by atoms with van der Waals surface area (Å²) in [6.07, 6.45) is 4.19. The van der Waals surface area contributed by atoms with Crippen molar-refractivity contribution in [3.05, 3.63) is 23.9 Å². The molecule has 1 rings (SSSR count). The molecule has 12 heavy (non-hydrogen) atoms. The van der Waals surface area contributed by atoms with Crippen LogP contribution in [0.4, 0.5) is 5.82 Å². The number of rotatable bonds is 4. The third-order valence-corrected chi connectivity index (χ3v) is 1.72. The molecule has 1 aromatic heterocycles. The van der Waals surface area contributed by atoms with Crippen LogP contribution in [0.3, 0.4) is 0 Å². The zero-order chi connectivity index (χ0) is 8.81. The minimum atomic E-state index is 0. The highest BCUT2D eigenvalue weighted by Crippen LogP contribution is 2.07. The van der Waals surface area contributed by atoms with E-state index in [-0.39, 0.29) is 1.43 Å². The van der Waals surface area contributed by atoms with Crippen LogP contribution in [-0.4, -0.2) is 11.5 Å². The van der Waals surface area contributed by atoms with Crippen LogP contribution in [0.25, 0.3) is 0 Å². The zero-order valence-electron chi connectivity index (χ0n) is 7.80. The highest BCUT2D eigenvalue weighted by Gasteiger charge is 1.93. The number of nitrogens with zero attached hydrogens (tertiary/aromatic N) is 1. The van der Waals surface area contributed by atoms with Crippen molar-refractivity contribution < 1.29 is 1.43 Å². The van der Waals surface area contributed by atoms with Gasteiger partial charge in [-0.3, -0.25) is 0 Å². The van der Waals surface area contributed by atoms with Crippen molar-refractivity contribution in [2.45, 2.75) is 26.7 Å². The van der Waals surface area contributed by atoms with Crippen LogP contribution in [0, 0.1) is 0 Å². The Morgan fingerprint density at radius 1 is 1.50 bits per heavy atom. The van der Waals surface area contributed by atoms with Gasteiger partial charge in [0, 0.05) is 14.2 Å². The van der Waals surface area contributed by atoms with E-state index < -0.39 is 0 Å². The normalized spacial score (nSPS) is 9.83. The van der Waals surface area contributed by atoms with Crippen molar-refractivity contribution in [1.29, 1.82) is 0 Å². The zero-order valence-corrected chi connectivity index (χ0v) is 7.80. The quantitative estimate of drug-likeness (QED) is 0.744. The molecule has 0 unspecified atom stereocenters. The van der Waals surface area contributed by atoms with E-state index in [1.807, 2.05) is 6.20 Å². The van der Waals surface area contributed by atoms with Crippen LogP contribution in [-0.2, 0) is 6.42 Å². The van der Waals surface area contributed by atoms with Gasteiger partial charge in [0.2, 0.25) is 0 Å². The Bertz CT molecular complexity index is 217. The summed E-state index contributed by atoms with van der Waals surface area (Å²) in [5.74, 6) is 0.989. The molecule has 0 aliphatic carbocycles. The number of anilines is 1. The Balaban J connectivity index is 0.00000144. The number of nitrogens with one attached hydrogen (secondary N) is 1. The fourth-order valence-electron chi connectivity index (χ4n) is 1.20. The SMILES string of the molecule is CCCc1ccnc(NCC)c1.[HH]. The number of hydrogen-bond donors (Lipinski definition) is 1. The van der Waals surface area contributed by atoms with Gasteiger partial charge in [-0.25, -0.2) is 4.98 Å². The van der Waals surface area contributed by atoms with E-state index in [9.17, 15) is 0 Å². The maximum Gasteiger partial charge on any atom is 0.126 e. The molecular formula is C10H18N2. The van der Waals surface area contributed by atoms with Crippen LogP contribution >= 0.6 is 0 Å². The van der Waals surface area contributed by atoms with Gasteiger partial charge in [0.25, 0.3) is 0 Å². The maximum absolute atomic E-state index is 4.20. The molecule has 0 saturated heterocycles. The molecule has 0 spiro atoms. The highest BCUT2D eigenvalue weighted by molar-refractivity contribution is 5.37. The fraction of sp³-hybridized carbons (Fsp3) is 0.500. The molecule has 1 aromatic rings. The summed E-state index contributed by atoms with van der Waals surface area (Å²) in [7, 11) is 0. The fourth-order valence-corrected chi connectivity index (χ4v) is 1.20. The summed E-state index contributed by atoms with van der Waals surface area (Å²) >= 11 is 0. The van der Waals surface area contributed by atoms with Crippen LogP contribution in [0.15, 0.2) is 18.3 Å². The number of hydrogen-bond acceptors (Lipinski definition) is 2. The molecule has 1 N–H and O–H groups in total. The van der Waals surface area contributed by atoms with Crippen molar-refractivity contribution >= 4 is 5.82 Å². The lowest BCUT2D eigenvalue weighted by atomic mass is 10.1. The molecule has 0 bridgehead atoms. The molecule has 0 aliphatic rings. The maximum atomic E-state index is 4.20. The Labute approximate surface area is 75.5 Å². The van der Waals surface area contributed by atoms with Crippen molar-refractivity contribution in [1.82, 2.24) is 4.98 Å². The first-order chi connectivity index (χ1) is 5.86. The third kappa shape index (κ3) is 2.53. The summed E-state index contributed by atoms with van der Waals surface area (Å²) in [4.78, 5) is 4.20. The van der Waals surface area contributed by atoms with Crippen molar-refractivity contribution in [2.75, 3.05) is 11.9 Å². The van der Waals surface area contributed by atoms with Crippen LogP contribution in [0.2, 0.25) is 0 Å². The van der Waals surface area contributed by atoms with Gasteiger partial charge in [0.05, 0.1) is 0 Å². The van der Waals surface area contributed by atoms with Crippen LogP contribution in [0.1, 0.15) is 27.3 Å². The molecule has 0 atom stereocenters. The smallest absolute Gasteiger partial charge is 0.126 e. The van der Waals surface area contributed by atoms with Crippen molar-refractivity contribution in [3.63, 3.8) is 0 Å². The Hall–Kier alpha value is -1.05. The molecular weight excluding hydrogens is 148 g/mol. The summed E-state index contributed by atoms with van der Waals surface area (Å²) in [5.41, 5.74) is 1.36. The van der Waals surface area contributed by atoms with Gasteiger partial charge < -0.3 is 5.32 Å². The molecule has 0 saturated carbocycles.